The second kappa shape index (κ2) is 9.60. The van der Waals surface area contributed by atoms with Crippen molar-refractivity contribution in [1.29, 1.82) is 0 Å². The van der Waals surface area contributed by atoms with Crippen LogP contribution in [0.3, 0.4) is 0 Å². The van der Waals surface area contributed by atoms with E-state index in [4.69, 9.17) is 4.74 Å². The van der Waals surface area contributed by atoms with E-state index in [-0.39, 0.29) is 5.92 Å². The van der Waals surface area contributed by atoms with Crippen LogP contribution in [-0.2, 0) is 9.53 Å². The molecule has 0 saturated carbocycles. The van der Waals surface area contributed by atoms with Crippen molar-refractivity contribution in [3.8, 4) is 0 Å². The summed E-state index contributed by atoms with van der Waals surface area (Å²) < 4.78 is 5.47. The lowest BCUT2D eigenvalue weighted by Gasteiger charge is -2.37. The number of morpholine rings is 1. The molecule has 3 rings (SSSR count). The number of benzene rings is 1. The highest BCUT2D eigenvalue weighted by molar-refractivity contribution is 7.99. The largest absolute Gasteiger partial charge is 0.379 e. The summed E-state index contributed by atoms with van der Waals surface area (Å²) in [5.41, 5.74) is 1.15. The molecule has 138 valence electrons. The number of nitrogens with zero attached hydrogens (tertiary/aromatic N) is 2. The Morgan fingerprint density at radius 2 is 2.00 bits per heavy atom. The Morgan fingerprint density at radius 3 is 2.72 bits per heavy atom. The van der Waals surface area contributed by atoms with E-state index < -0.39 is 0 Å². The van der Waals surface area contributed by atoms with Crippen molar-refractivity contribution in [2.75, 3.05) is 50.9 Å². The van der Waals surface area contributed by atoms with Gasteiger partial charge in [0.1, 0.15) is 0 Å². The minimum atomic E-state index is -0.0171. The molecule has 5 heteroatoms. The Hall–Kier alpha value is -1.04. The zero-order valence-corrected chi connectivity index (χ0v) is 16.0. The van der Waals surface area contributed by atoms with E-state index in [0.29, 0.717) is 11.9 Å². The third-order valence-corrected chi connectivity index (χ3v) is 6.40. The first-order chi connectivity index (χ1) is 12.3. The quantitative estimate of drug-likeness (QED) is 0.806. The lowest BCUT2D eigenvalue weighted by atomic mass is 9.94. The number of thioether (sulfide) groups is 1. The van der Waals surface area contributed by atoms with Crippen molar-refractivity contribution >= 4 is 17.7 Å². The highest BCUT2D eigenvalue weighted by Crippen LogP contribution is 2.26. The number of carbonyl (C=O) groups excluding carboxylic acids is 1. The van der Waals surface area contributed by atoms with Gasteiger partial charge >= 0.3 is 0 Å². The highest BCUT2D eigenvalue weighted by atomic mass is 32.2. The van der Waals surface area contributed by atoms with Gasteiger partial charge in [0, 0.05) is 31.9 Å². The first-order valence-corrected chi connectivity index (χ1v) is 10.7. The lowest BCUT2D eigenvalue weighted by molar-refractivity contribution is -0.135. The normalized spacial score (nSPS) is 23.9. The van der Waals surface area contributed by atoms with Crippen molar-refractivity contribution in [3.05, 3.63) is 35.9 Å². The number of hydrogen-bond acceptors (Lipinski definition) is 4. The molecular formula is C20H30N2O2S. The van der Waals surface area contributed by atoms with Crippen LogP contribution in [0.5, 0.6) is 0 Å². The second-order valence-corrected chi connectivity index (χ2v) is 8.05. The van der Waals surface area contributed by atoms with E-state index >= 15 is 0 Å². The summed E-state index contributed by atoms with van der Waals surface area (Å²) in [6.45, 7) is 7.60. The number of hydrogen-bond donors (Lipinski definition) is 0. The monoisotopic (exact) mass is 362 g/mol. The van der Waals surface area contributed by atoms with Crippen molar-refractivity contribution in [2.24, 2.45) is 0 Å². The fourth-order valence-corrected chi connectivity index (χ4v) is 4.85. The zero-order valence-electron chi connectivity index (χ0n) is 15.2. The van der Waals surface area contributed by atoms with E-state index in [9.17, 15) is 4.79 Å². The van der Waals surface area contributed by atoms with Gasteiger partial charge in [-0.25, -0.2) is 0 Å². The number of carbonyl (C=O) groups is 1. The molecular weight excluding hydrogens is 332 g/mol. The van der Waals surface area contributed by atoms with Gasteiger partial charge in [-0.3, -0.25) is 9.69 Å². The maximum absolute atomic E-state index is 13.4. The molecule has 2 atom stereocenters. The van der Waals surface area contributed by atoms with Crippen LogP contribution in [0.2, 0.25) is 0 Å². The van der Waals surface area contributed by atoms with Crippen molar-refractivity contribution in [3.63, 3.8) is 0 Å². The highest BCUT2D eigenvalue weighted by Gasteiger charge is 2.32. The van der Waals surface area contributed by atoms with Gasteiger partial charge in [0.25, 0.3) is 0 Å². The summed E-state index contributed by atoms with van der Waals surface area (Å²) in [6, 6.07) is 10.6. The third-order valence-electron chi connectivity index (χ3n) is 5.20. The maximum atomic E-state index is 13.4. The Balaban J connectivity index is 1.73. The minimum absolute atomic E-state index is 0.0171. The Kier molecular flexibility index (Phi) is 7.20. The zero-order chi connectivity index (χ0) is 17.5. The summed E-state index contributed by atoms with van der Waals surface area (Å²) in [5.74, 6) is 2.51. The average Bonchev–Trinajstić information content (AvgIpc) is 2.89. The summed E-state index contributed by atoms with van der Waals surface area (Å²) in [7, 11) is 0. The molecule has 0 aromatic heterocycles. The molecule has 2 aliphatic heterocycles. The van der Waals surface area contributed by atoms with E-state index in [1.165, 1.54) is 0 Å². The van der Waals surface area contributed by atoms with Crippen LogP contribution in [0.15, 0.2) is 30.3 Å². The molecule has 1 aromatic rings. The molecule has 2 heterocycles. The lowest BCUT2D eigenvalue weighted by Crippen LogP contribution is -2.51. The van der Waals surface area contributed by atoms with Gasteiger partial charge in [-0.1, -0.05) is 37.3 Å². The number of ether oxygens (including phenoxy) is 1. The average molecular weight is 363 g/mol. The maximum Gasteiger partial charge on any atom is 0.230 e. The molecule has 0 bridgehead atoms. The predicted molar refractivity (Wildman–Crippen MR) is 104 cm³/mol. The standard InChI is InChI=1S/C20H30N2O2S/c1-2-19(17-7-4-3-5-8-17)20(23)22-9-6-14-25-16-18(22)15-21-10-12-24-13-11-21/h3-5,7-8,18-19H,2,6,9-16H2,1H3/t18-,19-/m0/s1. The van der Waals surface area contributed by atoms with Gasteiger partial charge in [-0.05, 0) is 24.2 Å². The van der Waals surface area contributed by atoms with Crippen LogP contribution in [0.25, 0.3) is 0 Å². The van der Waals surface area contributed by atoms with Crippen LogP contribution in [0.4, 0.5) is 0 Å². The molecule has 0 unspecified atom stereocenters. The van der Waals surface area contributed by atoms with E-state index in [0.717, 1.165) is 69.3 Å². The molecule has 2 aliphatic rings. The van der Waals surface area contributed by atoms with Gasteiger partial charge in [0.2, 0.25) is 5.91 Å². The van der Waals surface area contributed by atoms with E-state index in [1.807, 2.05) is 30.0 Å². The first-order valence-electron chi connectivity index (χ1n) is 9.53. The molecule has 25 heavy (non-hydrogen) atoms. The van der Waals surface area contributed by atoms with Crippen LogP contribution in [0, 0.1) is 0 Å². The van der Waals surface area contributed by atoms with E-state index in [1.54, 1.807) is 0 Å². The van der Waals surface area contributed by atoms with Gasteiger partial charge in [0.05, 0.1) is 25.2 Å². The second-order valence-electron chi connectivity index (χ2n) is 6.90. The van der Waals surface area contributed by atoms with E-state index in [2.05, 4.69) is 28.9 Å². The van der Waals surface area contributed by atoms with Crippen LogP contribution < -0.4 is 0 Å². The van der Waals surface area contributed by atoms with Crippen molar-refractivity contribution in [1.82, 2.24) is 9.80 Å². The Morgan fingerprint density at radius 1 is 1.24 bits per heavy atom. The third kappa shape index (κ3) is 4.99. The van der Waals surface area contributed by atoms with Gasteiger partial charge in [-0.2, -0.15) is 11.8 Å². The summed E-state index contributed by atoms with van der Waals surface area (Å²) in [4.78, 5) is 18.1. The van der Waals surface area contributed by atoms with Crippen LogP contribution in [-0.4, -0.2) is 72.6 Å². The van der Waals surface area contributed by atoms with Crippen LogP contribution in [0.1, 0.15) is 31.2 Å². The summed E-state index contributed by atoms with van der Waals surface area (Å²) in [6.07, 6.45) is 1.96. The van der Waals surface area contributed by atoms with Gasteiger partial charge < -0.3 is 9.64 Å². The van der Waals surface area contributed by atoms with Crippen molar-refractivity contribution in [2.45, 2.75) is 31.7 Å². The molecule has 0 aliphatic carbocycles. The molecule has 0 radical (unpaired) electrons. The smallest absolute Gasteiger partial charge is 0.230 e. The number of amides is 1. The molecule has 2 saturated heterocycles. The molecule has 0 N–H and O–H groups in total. The summed E-state index contributed by atoms with van der Waals surface area (Å²) >= 11 is 2.00. The van der Waals surface area contributed by atoms with Gasteiger partial charge in [0.15, 0.2) is 0 Å². The fourth-order valence-electron chi connectivity index (χ4n) is 3.79. The topological polar surface area (TPSA) is 32.8 Å². The van der Waals surface area contributed by atoms with Gasteiger partial charge in [-0.15, -0.1) is 0 Å². The Labute approximate surface area is 155 Å². The minimum Gasteiger partial charge on any atom is -0.379 e. The molecule has 1 aromatic carbocycles. The van der Waals surface area contributed by atoms with Crippen LogP contribution >= 0.6 is 11.8 Å². The Bertz CT molecular complexity index is 534. The number of rotatable bonds is 5. The molecule has 1 amide bonds. The molecule has 2 fully saturated rings. The fraction of sp³-hybridized carbons (Fsp3) is 0.650. The molecule has 0 spiro atoms. The SMILES string of the molecule is CC[C@H](C(=O)N1CCCSC[C@@H]1CN1CCOCC1)c1ccccc1. The molecule has 4 nitrogen and oxygen atoms in total. The van der Waals surface area contributed by atoms with Crippen molar-refractivity contribution < 1.29 is 9.53 Å². The predicted octanol–water partition coefficient (Wildman–Crippen LogP) is 2.85. The first kappa shape index (κ1) is 18.7. The summed E-state index contributed by atoms with van der Waals surface area (Å²) in [5, 5.41) is 0.